The zero-order valence-electron chi connectivity index (χ0n) is 36.6. The van der Waals surface area contributed by atoms with Crippen LogP contribution in [0, 0.1) is 0 Å². The van der Waals surface area contributed by atoms with Crippen molar-refractivity contribution in [2.45, 2.75) is 0 Å². The molecule has 2 heterocycles. The lowest BCUT2D eigenvalue weighted by molar-refractivity contribution is 0.669. The predicted octanol–water partition coefficient (Wildman–Crippen LogP) is 18.0. The van der Waals surface area contributed by atoms with Gasteiger partial charge in [0.1, 0.15) is 11.2 Å². The minimum atomic E-state index is 0.890. The standard InChI is InChI=1S/C64H42N2O/c1-3-18-43(19-4-1)50-28-15-20-45-21-16-30-54(63(45)50)52-25-8-12-32-58(52)66(48-39-36-44(37-40-48)51-29-17-35-62-64(51)55-27-10-14-34-61(55)67-62)57-31-11-7-24-49(57)46-38-41-60-56(42-46)53-26-9-13-33-59(53)65(60)47-22-5-2-6-23-47/h1-42H. The lowest BCUT2D eigenvalue weighted by Crippen LogP contribution is -2.12. The second-order valence-corrected chi connectivity index (χ2v) is 17.2. The van der Waals surface area contributed by atoms with Crippen molar-refractivity contribution < 1.29 is 4.42 Å². The number of para-hydroxylation sites is 5. The maximum Gasteiger partial charge on any atom is 0.136 e. The van der Waals surface area contributed by atoms with Gasteiger partial charge in [-0.05, 0) is 111 Å². The Kier molecular flexibility index (Phi) is 9.17. The molecule has 13 rings (SSSR count). The van der Waals surface area contributed by atoms with Gasteiger partial charge in [0.2, 0.25) is 0 Å². The SMILES string of the molecule is c1ccc(-c2cccc3cccc(-c4ccccc4N(c4ccc(-c5cccc6oc7ccccc7c56)cc4)c4ccccc4-c4ccc5c(c4)c4ccccc4n5-c4ccccc4)c23)cc1. The molecule has 3 nitrogen and oxygen atoms in total. The van der Waals surface area contributed by atoms with Crippen molar-refractivity contribution in [2.24, 2.45) is 0 Å². The molecule has 0 spiro atoms. The van der Waals surface area contributed by atoms with Gasteiger partial charge in [0, 0.05) is 44.0 Å². The summed E-state index contributed by atoms with van der Waals surface area (Å²) in [6, 6.07) is 92.0. The van der Waals surface area contributed by atoms with Crippen molar-refractivity contribution in [3.63, 3.8) is 0 Å². The van der Waals surface area contributed by atoms with Crippen LogP contribution in [0.1, 0.15) is 0 Å². The van der Waals surface area contributed by atoms with Gasteiger partial charge in [0.05, 0.1) is 22.4 Å². The lowest BCUT2D eigenvalue weighted by atomic mass is 9.90. The molecular formula is C64H42N2O. The highest BCUT2D eigenvalue weighted by Crippen LogP contribution is 2.48. The second-order valence-electron chi connectivity index (χ2n) is 17.2. The number of hydrogen-bond donors (Lipinski definition) is 0. The minimum Gasteiger partial charge on any atom is -0.456 e. The third kappa shape index (κ3) is 6.43. The number of nitrogens with zero attached hydrogens (tertiary/aromatic N) is 2. The summed E-state index contributed by atoms with van der Waals surface area (Å²) in [7, 11) is 0. The maximum absolute atomic E-state index is 6.33. The Morgan fingerprint density at radius 1 is 0.313 bits per heavy atom. The van der Waals surface area contributed by atoms with Crippen LogP contribution in [0.2, 0.25) is 0 Å². The normalized spacial score (nSPS) is 11.6. The molecule has 0 saturated carbocycles. The van der Waals surface area contributed by atoms with Crippen LogP contribution >= 0.6 is 0 Å². The Labute approximate surface area is 388 Å². The van der Waals surface area contributed by atoms with Gasteiger partial charge in [-0.1, -0.05) is 188 Å². The van der Waals surface area contributed by atoms with Crippen LogP contribution < -0.4 is 4.90 Å². The molecule has 0 saturated heterocycles. The summed E-state index contributed by atoms with van der Waals surface area (Å²) in [5.74, 6) is 0. The van der Waals surface area contributed by atoms with Crippen LogP contribution in [-0.4, -0.2) is 4.57 Å². The maximum atomic E-state index is 6.33. The highest BCUT2D eigenvalue weighted by molar-refractivity contribution is 6.14. The summed E-state index contributed by atoms with van der Waals surface area (Å²) in [5.41, 5.74) is 17.8. The Hall–Kier alpha value is -8.92. The van der Waals surface area contributed by atoms with E-state index >= 15 is 0 Å². The third-order valence-electron chi connectivity index (χ3n) is 13.4. The van der Waals surface area contributed by atoms with Crippen molar-refractivity contribution in [3.05, 3.63) is 255 Å². The van der Waals surface area contributed by atoms with Gasteiger partial charge < -0.3 is 13.9 Å². The average Bonchev–Trinajstić information content (AvgIpc) is 3.95. The first-order valence-corrected chi connectivity index (χ1v) is 22.9. The molecule has 0 unspecified atom stereocenters. The molecule has 0 aliphatic carbocycles. The zero-order valence-corrected chi connectivity index (χ0v) is 36.6. The van der Waals surface area contributed by atoms with E-state index in [0.29, 0.717) is 0 Å². The second kappa shape index (κ2) is 16.0. The van der Waals surface area contributed by atoms with E-state index in [4.69, 9.17) is 4.42 Å². The number of fused-ring (bicyclic) bond motifs is 7. The Morgan fingerprint density at radius 3 is 1.64 bits per heavy atom. The predicted molar refractivity (Wildman–Crippen MR) is 282 cm³/mol. The van der Waals surface area contributed by atoms with Crippen molar-refractivity contribution in [1.82, 2.24) is 4.57 Å². The molecular weight excluding hydrogens is 813 g/mol. The van der Waals surface area contributed by atoms with Crippen LogP contribution in [0.5, 0.6) is 0 Å². The molecule has 0 fully saturated rings. The number of benzene rings is 11. The fraction of sp³-hybridized carbons (Fsp3) is 0. The van der Waals surface area contributed by atoms with Crippen LogP contribution in [-0.2, 0) is 0 Å². The number of hydrogen-bond acceptors (Lipinski definition) is 2. The number of anilines is 3. The monoisotopic (exact) mass is 854 g/mol. The third-order valence-corrected chi connectivity index (χ3v) is 13.4. The highest BCUT2D eigenvalue weighted by atomic mass is 16.3. The first kappa shape index (κ1) is 38.5. The van der Waals surface area contributed by atoms with Crippen LogP contribution in [0.3, 0.4) is 0 Å². The molecule has 13 aromatic rings. The fourth-order valence-electron chi connectivity index (χ4n) is 10.4. The topological polar surface area (TPSA) is 21.3 Å². The quantitative estimate of drug-likeness (QED) is 0.152. The molecule has 314 valence electrons. The van der Waals surface area contributed by atoms with Crippen molar-refractivity contribution in [1.29, 1.82) is 0 Å². The van der Waals surface area contributed by atoms with Gasteiger partial charge in [-0.25, -0.2) is 0 Å². The Morgan fingerprint density at radius 2 is 0.851 bits per heavy atom. The Balaban J connectivity index is 1.03. The van der Waals surface area contributed by atoms with Crippen LogP contribution in [0.25, 0.3) is 105 Å². The molecule has 0 bridgehead atoms. The fourth-order valence-corrected chi connectivity index (χ4v) is 10.4. The van der Waals surface area contributed by atoms with E-state index in [2.05, 4.69) is 252 Å². The first-order valence-electron chi connectivity index (χ1n) is 22.9. The van der Waals surface area contributed by atoms with Crippen LogP contribution in [0.4, 0.5) is 17.1 Å². The summed E-state index contributed by atoms with van der Waals surface area (Å²) in [6.45, 7) is 0. The largest absolute Gasteiger partial charge is 0.456 e. The first-order chi connectivity index (χ1) is 33.3. The van der Waals surface area contributed by atoms with Gasteiger partial charge in [0.25, 0.3) is 0 Å². The van der Waals surface area contributed by atoms with Crippen LogP contribution in [0.15, 0.2) is 259 Å². The van der Waals surface area contributed by atoms with E-state index in [0.717, 1.165) is 72.5 Å². The minimum absolute atomic E-state index is 0.890. The number of aromatic nitrogens is 1. The summed E-state index contributed by atoms with van der Waals surface area (Å²) >= 11 is 0. The summed E-state index contributed by atoms with van der Waals surface area (Å²) in [4.78, 5) is 2.46. The lowest BCUT2D eigenvalue weighted by Gasteiger charge is -2.30. The highest BCUT2D eigenvalue weighted by Gasteiger charge is 2.23. The van der Waals surface area contributed by atoms with E-state index < -0.39 is 0 Å². The number of furan rings is 1. The molecule has 67 heavy (non-hydrogen) atoms. The van der Waals surface area contributed by atoms with E-state index in [1.54, 1.807) is 0 Å². The zero-order chi connectivity index (χ0) is 44.3. The smallest absolute Gasteiger partial charge is 0.136 e. The van der Waals surface area contributed by atoms with Crippen molar-refractivity contribution >= 4 is 71.6 Å². The summed E-state index contributed by atoms with van der Waals surface area (Å²) < 4.78 is 8.71. The van der Waals surface area contributed by atoms with Crippen molar-refractivity contribution in [3.8, 4) is 50.2 Å². The number of rotatable bonds is 8. The van der Waals surface area contributed by atoms with Crippen molar-refractivity contribution in [2.75, 3.05) is 4.90 Å². The molecule has 0 N–H and O–H groups in total. The average molecular weight is 855 g/mol. The van der Waals surface area contributed by atoms with Gasteiger partial charge in [-0.2, -0.15) is 0 Å². The van der Waals surface area contributed by atoms with E-state index in [1.165, 1.54) is 49.3 Å². The summed E-state index contributed by atoms with van der Waals surface area (Å²) in [5, 5.41) is 7.13. The molecule has 0 radical (unpaired) electrons. The molecule has 0 amide bonds. The molecule has 0 aliphatic rings. The van der Waals surface area contributed by atoms with Gasteiger partial charge in [-0.15, -0.1) is 0 Å². The van der Waals surface area contributed by atoms with E-state index in [1.807, 2.05) is 12.1 Å². The van der Waals surface area contributed by atoms with E-state index in [-0.39, 0.29) is 0 Å². The van der Waals surface area contributed by atoms with Gasteiger partial charge in [0.15, 0.2) is 0 Å². The molecule has 0 atom stereocenters. The molecule has 0 aliphatic heterocycles. The molecule has 3 heteroatoms. The molecule has 11 aromatic carbocycles. The van der Waals surface area contributed by atoms with Gasteiger partial charge >= 0.3 is 0 Å². The summed E-state index contributed by atoms with van der Waals surface area (Å²) in [6.07, 6.45) is 0. The Bertz CT molecular complexity index is 3970. The molecule has 2 aromatic heterocycles. The van der Waals surface area contributed by atoms with Gasteiger partial charge in [-0.3, -0.25) is 0 Å². The van der Waals surface area contributed by atoms with E-state index in [9.17, 15) is 0 Å².